The Hall–Kier alpha value is 0.400. The lowest BCUT2D eigenvalue weighted by atomic mass is 9.47. The highest BCUT2D eigenvalue weighted by Gasteiger charge is 2.59. The van der Waals surface area contributed by atoms with Crippen molar-refractivity contribution in [3.05, 3.63) is 11.6 Å². The van der Waals surface area contributed by atoms with Crippen molar-refractivity contribution in [3.8, 4) is 0 Å². The fourth-order valence-electron chi connectivity index (χ4n) is 7.35. The summed E-state index contributed by atoms with van der Waals surface area (Å²) in [5.74, 6) is 5.23. The summed E-state index contributed by atoms with van der Waals surface area (Å²) in [5.41, 5.74) is 2.51. The molecular weight excluding hydrogens is 332 g/mol. The topological polar surface area (TPSA) is 20.2 Å². The van der Waals surface area contributed by atoms with Crippen molar-refractivity contribution in [1.29, 1.82) is 0 Å². The Morgan fingerprint density at radius 1 is 0.958 bits per heavy atom. The second-order valence-electron chi connectivity index (χ2n) is 9.65. The molecule has 5 rings (SSSR count). The lowest BCUT2D eigenvalue weighted by Gasteiger charge is -2.59. The summed E-state index contributed by atoms with van der Waals surface area (Å²) in [5, 5.41) is 10.6. The zero-order valence-corrected chi connectivity index (χ0v) is 16.9. The monoisotopic (exact) mass is 364 g/mol. The SMILES string of the molecule is C[C@]12CC[C@H]3[C@@H](CCC4=CC5(CC[C@@]43C)SCCS5)[C@@H]1CC[C@@H]2O. The molecule has 0 radical (unpaired) electrons. The molecule has 4 fully saturated rings. The lowest BCUT2D eigenvalue weighted by Crippen LogP contribution is -2.51. The first-order valence-electron chi connectivity index (χ1n) is 10.2. The van der Waals surface area contributed by atoms with Gasteiger partial charge >= 0.3 is 0 Å². The zero-order chi connectivity index (χ0) is 16.6. The van der Waals surface area contributed by atoms with Gasteiger partial charge in [-0.2, -0.15) is 0 Å². The summed E-state index contributed by atoms with van der Waals surface area (Å²) in [6.07, 6.45) is 13.2. The van der Waals surface area contributed by atoms with Gasteiger partial charge in [0.1, 0.15) is 0 Å². The Balaban J connectivity index is 1.47. The Morgan fingerprint density at radius 2 is 1.75 bits per heavy atom. The maximum Gasteiger partial charge on any atom is 0.0795 e. The molecule has 0 aromatic rings. The molecule has 1 heterocycles. The van der Waals surface area contributed by atoms with Gasteiger partial charge in [0.05, 0.1) is 10.2 Å². The molecule has 1 aliphatic heterocycles. The van der Waals surface area contributed by atoms with E-state index in [0.29, 0.717) is 9.49 Å². The molecule has 0 aromatic heterocycles. The summed E-state index contributed by atoms with van der Waals surface area (Å²) >= 11 is 4.44. The molecular formula is C21H32OS2. The summed E-state index contributed by atoms with van der Waals surface area (Å²) in [7, 11) is 0. The number of thioether (sulfide) groups is 2. The predicted molar refractivity (Wildman–Crippen MR) is 105 cm³/mol. The fourth-order valence-corrected chi connectivity index (χ4v) is 10.5. The van der Waals surface area contributed by atoms with E-state index in [0.717, 1.165) is 24.2 Å². The van der Waals surface area contributed by atoms with Gasteiger partial charge in [0.2, 0.25) is 0 Å². The average molecular weight is 365 g/mol. The quantitative estimate of drug-likeness (QED) is 0.574. The van der Waals surface area contributed by atoms with E-state index < -0.39 is 0 Å². The Kier molecular flexibility index (Phi) is 3.76. The first-order valence-corrected chi connectivity index (χ1v) is 12.1. The Labute approximate surface area is 155 Å². The minimum Gasteiger partial charge on any atom is -0.393 e. The largest absolute Gasteiger partial charge is 0.393 e. The molecule has 0 aromatic carbocycles. The Bertz CT molecular complexity index is 566. The van der Waals surface area contributed by atoms with Crippen LogP contribution in [0.25, 0.3) is 0 Å². The maximum atomic E-state index is 10.6. The molecule has 3 saturated carbocycles. The van der Waals surface area contributed by atoms with Crippen LogP contribution in [-0.4, -0.2) is 26.8 Å². The highest BCUT2D eigenvalue weighted by atomic mass is 32.2. The zero-order valence-electron chi connectivity index (χ0n) is 15.2. The van der Waals surface area contributed by atoms with Crippen LogP contribution < -0.4 is 0 Å². The molecule has 1 saturated heterocycles. The highest BCUT2D eigenvalue weighted by Crippen LogP contribution is 2.67. The summed E-state index contributed by atoms with van der Waals surface area (Å²) in [4.78, 5) is 0. The van der Waals surface area contributed by atoms with Crippen molar-refractivity contribution < 1.29 is 5.11 Å². The normalized spacial score (nSPS) is 52.5. The minimum absolute atomic E-state index is 0.0332. The first kappa shape index (κ1) is 16.6. The van der Waals surface area contributed by atoms with Gasteiger partial charge in [0.25, 0.3) is 0 Å². The van der Waals surface area contributed by atoms with E-state index in [1.54, 1.807) is 0 Å². The van der Waals surface area contributed by atoms with Crippen molar-refractivity contribution in [3.63, 3.8) is 0 Å². The second kappa shape index (κ2) is 5.45. The number of aliphatic hydroxyl groups is 1. The molecule has 0 bridgehead atoms. The molecule has 5 aliphatic rings. The molecule has 134 valence electrons. The van der Waals surface area contributed by atoms with Gasteiger partial charge in [-0.15, -0.1) is 23.5 Å². The van der Waals surface area contributed by atoms with Crippen LogP contribution in [-0.2, 0) is 0 Å². The van der Waals surface area contributed by atoms with Crippen molar-refractivity contribution >= 4 is 23.5 Å². The average Bonchev–Trinajstić information content (AvgIpc) is 3.14. The summed E-state index contributed by atoms with van der Waals surface area (Å²) < 4.78 is 0.439. The molecule has 0 unspecified atom stereocenters. The van der Waals surface area contributed by atoms with Gasteiger partial charge < -0.3 is 5.11 Å². The van der Waals surface area contributed by atoms with Crippen molar-refractivity contribution in [2.45, 2.75) is 75.4 Å². The molecule has 0 amide bonds. The minimum atomic E-state index is -0.0332. The van der Waals surface area contributed by atoms with E-state index in [2.05, 4.69) is 43.4 Å². The van der Waals surface area contributed by atoms with Gasteiger partial charge in [-0.05, 0) is 80.0 Å². The van der Waals surface area contributed by atoms with E-state index in [1.165, 1.54) is 56.5 Å². The van der Waals surface area contributed by atoms with Crippen LogP contribution in [0.4, 0.5) is 0 Å². The fraction of sp³-hybridized carbons (Fsp3) is 0.905. The first-order chi connectivity index (χ1) is 11.5. The van der Waals surface area contributed by atoms with Crippen molar-refractivity contribution in [2.24, 2.45) is 28.6 Å². The number of hydrogen-bond donors (Lipinski definition) is 1. The number of hydrogen-bond acceptors (Lipinski definition) is 3. The third kappa shape index (κ3) is 2.13. The van der Waals surface area contributed by atoms with Crippen LogP contribution >= 0.6 is 23.5 Å². The molecule has 4 aliphatic carbocycles. The Morgan fingerprint density at radius 3 is 2.54 bits per heavy atom. The van der Waals surface area contributed by atoms with Crippen LogP contribution in [0.3, 0.4) is 0 Å². The molecule has 1 nitrogen and oxygen atoms in total. The molecule has 3 heteroatoms. The van der Waals surface area contributed by atoms with Crippen molar-refractivity contribution in [1.82, 2.24) is 0 Å². The van der Waals surface area contributed by atoms with Gasteiger partial charge in [-0.1, -0.05) is 25.5 Å². The van der Waals surface area contributed by atoms with Gasteiger partial charge in [-0.3, -0.25) is 0 Å². The van der Waals surface area contributed by atoms with Crippen LogP contribution in [0, 0.1) is 28.6 Å². The van der Waals surface area contributed by atoms with Crippen molar-refractivity contribution in [2.75, 3.05) is 11.5 Å². The van der Waals surface area contributed by atoms with E-state index in [1.807, 2.05) is 5.57 Å². The highest BCUT2D eigenvalue weighted by molar-refractivity contribution is 8.21. The van der Waals surface area contributed by atoms with Gasteiger partial charge in [0, 0.05) is 11.5 Å². The van der Waals surface area contributed by atoms with E-state index in [9.17, 15) is 5.11 Å². The summed E-state index contributed by atoms with van der Waals surface area (Å²) in [6.45, 7) is 5.02. The predicted octanol–water partition coefficient (Wildman–Crippen LogP) is 5.49. The number of rotatable bonds is 0. The van der Waals surface area contributed by atoms with E-state index in [4.69, 9.17) is 0 Å². The third-order valence-corrected chi connectivity index (χ3v) is 12.3. The smallest absolute Gasteiger partial charge is 0.0795 e. The van der Waals surface area contributed by atoms with E-state index >= 15 is 0 Å². The maximum absolute atomic E-state index is 10.6. The second-order valence-corrected chi connectivity index (χ2v) is 12.8. The molecule has 1 N–H and O–H groups in total. The standard InChI is InChI=1S/C21H32OS2/c1-19-9-10-21(23-11-12-24-21)13-14(19)3-4-15-16-5-6-18(22)20(16,2)8-7-17(15)19/h13,15-18,22H,3-12H2,1-2H3/t15-,16-,17-,18-,19-,20-/m0/s1. The number of aliphatic hydroxyl groups excluding tert-OH is 1. The van der Waals surface area contributed by atoms with Crippen LogP contribution in [0.2, 0.25) is 0 Å². The number of allylic oxidation sites excluding steroid dienone is 1. The van der Waals surface area contributed by atoms with Gasteiger partial charge in [0.15, 0.2) is 0 Å². The van der Waals surface area contributed by atoms with Crippen LogP contribution in [0.1, 0.15) is 65.2 Å². The van der Waals surface area contributed by atoms with Crippen LogP contribution in [0.5, 0.6) is 0 Å². The van der Waals surface area contributed by atoms with Gasteiger partial charge in [-0.25, -0.2) is 0 Å². The molecule has 24 heavy (non-hydrogen) atoms. The molecule has 1 spiro atoms. The number of fused-ring (bicyclic) bond motifs is 5. The lowest BCUT2D eigenvalue weighted by molar-refractivity contribution is -0.0736. The summed E-state index contributed by atoms with van der Waals surface area (Å²) in [6, 6.07) is 0. The van der Waals surface area contributed by atoms with Crippen LogP contribution in [0.15, 0.2) is 11.6 Å². The van der Waals surface area contributed by atoms with E-state index in [-0.39, 0.29) is 11.5 Å². The third-order valence-electron chi connectivity index (χ3n) is 8.85. The molecule has 6 atom stereocenters.